The number of hydrogen-bond acceptors (Lipinski definition) is 5. The maximum Gasteiger partial charge on any atom is 0.294 e. The third kappa shape index (κ3) is 3.19. The molecule has 0 saturated carbocycles. The topological polar surface area (TPSA) is 91.2 Å². The molecule has 0 N–H and O–H groups in total. The molecular weight excluding hydrogens is 382 g/mol. The van der Waals surface area contributed by atoms with Gasteiger partial charge in [-0.25, -0.2) is 4.98 Å². The van der Waals surface area contributed by atoms with E-state index in [1.54, 1.807) is 48.6 Å². The first-order valence-electron chi connectivity index (χ1n) is 8.22. The molecular formula is C20H12ClN3O4. The van der Waals surface area contributed by atoms with Crippen LogP contribution in [0, 0.1) is 10.1 Å². The van der Waals surface area contributed by atoms with E-state index in [2.05, 4.69) is 4.98 Å². The van der Waals surface area contributed by atoms with Gasteiger partial charge in [-0.05, 0) is 48.6 Å². The number of nitro groups is 1. The molecule has 0 unspecified atom stereocenters. The average molecular weight is 394 g/mol. The van der Waals surface area contributed by atoms with Crippen molar-refractivity contribution >= 4 is 40.3 Å². The van der Waals surface area contributed by atoms with Crippen LogP contribution in [-0.2, 0) is 0 Å². The number of furan rings is 1. The maximum atomic E-state index is 13.2. The van der Waals surface area contributed by atoms with Gasteiger partial charge >= 0.3 is 0 Å². The molecule has 0 aliphatic rings. The minimum absolute atomic E-state index is 0.0803. The van der Waals surface area contributed by atoms with E-state index in [1.165, 1.54) is 29.0 Å². The molecule has 4 rings (SSSR count). The zero-order chi connectivity index (χ0) is 19.7. The Morgan fingerprint density at radius 2 is 1.93 bits per heavy atom. The Labute approximate surface area is 163 Å². The summed E-state index contributed by atoms with van der Waals surface area (Å²) in [5.41, 5.74) is -0.148. The lowest BCUT2D eigenvalue weighted by molar-refractivity contribution is -0.384. The predicted molar refractivity (Wildman–Crippen MR) is 107 cm³/mol. The van der Waals surface area contributed by atoms with Gasteiger partial charge in [0, 0.05) is 11.1 Å². The summed E-state index contributed by atoms with van der Waals surface area (Å²) >= 11 is 5.92. The van der Waals surface area contributed by atoms with Crippen molar-refractivity contribution in [3.05, 3.63) is 97.9 Å². The molecule has 7 nitrogen and oxygen atoms in total. The molecule has 2 aromatic carbocycles. The van der Waals surface area contributed by atoms with Crippen LogP contribution in [0.1, 0.15) is 11.6 Å². The molecule has 2 heterocycles. The molecule has 0 bridgehead atoms. The van der Waals surface area contributed by atoms with E-state index in [0.717, 1.165) is 0 Å². The number of nitrogens with zero attached hydrogens (tertiary/aromatic N) is 3. The molecule has 0 aliphatic heterocycles. The van der Waals surface area contributed by atoms with Crippen molar-refractivity contribution in [2.45, 2.75) is 0 Å². The van der Waals surface area contributed by atoms with Crippen molar-refractivity contribution in [1.29, 1.82) is 0 Å². The summed E-state index contributed by atoms with van der Waals surface area (Å²) in [4.78, 5) is 28.7. The monoisotopic (exact) mass is 393 g/mol. The summed E-state index contributed by atoms with van der Waals surface area (Å²) in [6.07, 6.45) is 4.73. The van der Waals surface area contributed by atoms with E-state index < -0.39 is 10.5 Å². The smallest absolute Gasteiger partial charge is 0.294 e. The standard InChI is InChI=1S/C20H12ClN3O4/c21-13-7-9-17(18(12-13)24(26)27)23-19(10-8-14-4-3-11-28-14)22-16-6-2-1-5-15(16)20(23)25/h1-12H. The van der Waals surface area contributed by atoms with E-state index in [-0.39, 0.29) is 22.2 Å². The Hall–Kier alpha value is -3.71. The van der Waals surface area contributed by atoms with E-state index in [4.69, 9.17) is 16.0 Å². The number of hydrogen-bond donors (Lipinski definition) is 0. The van der Waals surface area contributed by atoms with Gasteiger partial charge in [0.15, 0.2) is 0 Å². The molecule has 0 radical (unpaired) electrons. The van der Waals surface area contributed by atoms with E-state index in [0.29, 0.717) is 16.7 Å². The highest BCUT2D eigenvalue weighted by atomic mass is 35.5. The number of fused-ring (bicyclic) bond motifs is 1. The average Bonchev–Trinajstić information content (AvgIpc) is 3.20. The Bertz CT molecular complexity index is 1280. The first-order valence-corrected chi connectivity index (χ1v) is 8.60. The summed E-state index contributed by atoms with van der Waals surface area (Å²) in [7, 11) is 0. The van der Waals surface area contributed by atoms with Gasteiger partial charge in [-0.2, -0.15) is 0 Å². The van der Waals surface area contributed by atoms with Crippen molar-refractivity contribution in [2.75, 3.05) is 0 Å². The van der Waals surface area contributed by atoms with Crippen LogP contribution >= 0.6 is 11.6 Å². The Kier molecular flexibility index (Phi) is 4.50. The molecule has 2 aromatic heterocycles. The summed E-state index contributed by atoms with van der Waals surface area (Å²) in [5.74, 6) is 0.782. The molecule has 0 aliphatic carbocycles. The van der Waals surface area contributed by atoms with Crippen molar-refractivity contribution in [3.63, 3.8) is 0 Å². The highest BCUT2D eigenvalue weighted by molar-refractivity contribution is 6.30. The van der Waals surface area contributed by atoms with Gasteiger partial charge < -0.3 is 4.42 Å². The fraction of sp³-hybridized carbons (Fsp3) is 0. The van der Waals surface area contributed by atoms with Gasteiger partial charge in [0.1, 0.15) is 17.3 Å². The van der Waals surface area contributed by atoms with Crippen LogP contribution in [0.25, 0.3) is 28.7 Å². The number of rotatable bonds is 4. The van der Waals surface area contributed by atoms with E-state index in [1.807, 2.05) is 0 Å². The second-order valence-corrected chi connectivity index (χ2v) is 6.30. The quantitative estimate of drug-likeness (QED) is 0.370. The van der Waals surface area contributed by atoms with Crippen LogP contribution in [0.5, 0.6) is 0 Å². The second-order valence-electron chi connectivity index (χ2n) is 5.87. The first kappa shape index (κ1) is 17.7. The third-order valence-electron chi connectivity index (χ3n) is 4.12. The fourth-order valence-corrected chi connectivity index (χ4v) is 3.04. The van der Waals surface area contributed by atoms with Crippen LogP contribution in [0.3, 0.4) is 0 Å². The highest BCUT2D eigenvalue weighted by Gasteiger charge is 2.20. The number of aromatic nitrogens is 2. The molecule has 0 fully saturated rings. The minimum Gasteiger partial charge on any atom is -0.465 e. The minimum atomic E-state index is -0.580. The van der Waals surface area contributed by atoms with Crippen LogP contribution < -0.4 is 5.56 Å². The molecule has 0 amide bonds. The Morgan fingerprint density at radius 3 is 2.68 bits per heavy atom. The zero-order valence-electron chi connectivity index (χ0n) is 14.3. The van der Waals surface area contributed by atoms with Gasteiger partial charge in [-0.1, -0.05) is 23.7 Å². The van der Waals surface area contributed by atoms with E-state index >= 15 is 0 Å². The predicted octanol–water partition coefficient (Wildman–Crippen LogP) is 4.71. The van der Waals surface area contributed by atoms with Crippen LogP contribution in [0.15, 0.2) is 70.1 Å². The summed E-state index contributed by atoms with van der Waals surface area (Å²) in [6.45, 7) is 0. The molecule has 4 aromatic rings. The van der Waals surface area contributed by atoms with Gasteiger partial charge in [0.2, 0.25) is 0 Å². The van der Waals surface area contributed by atoms with Gasteiger partial charge in [0.05, 0.1) is 22.1 Å². The van der Waals surface area contributed by atoms with Crippen LogP contribution in [-0.4, -0.2) is 14.5 Å². The Morgan fingerprint density at radius 1 is 1.11 bits per heavy atom. The van der Waals surface area contributed by atoms with Crippen molar-refractivity contribution in [3.8, 4) is 5.69 Å². The SMILES string of the molecule is O=c1c2ccccc2nc(C=Cc2ccco2)n1-c1ccc(Cl)cc1[N+](=O)[O-]. The second kappa shape index (κ2) is 7.13. The van der Waals surface area contributed by atoms with Crippen LogP contribution in [0.4, 0.5) is 5.69 Å². The van der Waals surface area contributed by atoms with Crippen LogP contribution in [0.2, 0.25) is 5.02 Å². The largest absolute Gasteiger partial charge is 0.465 e. The lowest BCUT2D eigenvalue weighted by atomic mass is 10.2. The zero-order valence-corrected chi connectivity index (χ0v) is 15.0. The lowest BCUT2D eigenvalue weighted by Crippen LogP contribution is -2.23. The molecule has 8 heteroatoms. The van der Waals surface area contributed by atoms with Gasteiger partial charge in [0.25, 0.3) is 11.2 Å². The normalized spacial score (nSPS) is 11.3. The number of benzene rings is 2. The lowest BCUT2D eigenvalue weighted by Gasteiger charge is -2.12. The van der Waals surface area contributed by atoms with Crippen molar-refractivity contribution in [1.82, 2.24) is 9.55 Å². The fourth-order valence-electron chi connectivity index (χ4n) is 2.87. The molecule has 0 saturated heterocycles. The summed E-state index contributed by atoms with van der Waals surface area (Å²) < 4.78 is 6.47. The first-order chi connectivity index (χ1) is 13.5. The van der Waals surface area contributed by atoms with Crippen molar-refractivity contribution in [2.24, 2.45) is 0 Å². The number of halogens is 1. The molecule has 0 spiro atoms. The number of para-hydroxylation sites is 1. The Balaban J connectivity index is 2.04. The molecule has 0 atom stereocenters. The third-order valence-corrected chi connectivity index (χ3v) is 4.35. The molecule has 28 heavy (non-hydrogen) atoms. The van der Waals surface area contributed by atoms with E-state index in [9.17, 15) is 14.9 Å². The maximum absolute atomic E-state index is 13.2. The van der Waals surface area contributed by atoms with Gasteiger partial charge in [-0.3, -0.25) is 19.5 Å². The molecule has 138 valence electrons. The number of nitro benzene ring substituents is 1. The summed E-state index contributed by atoms with van der Waals surface area (Å²) in [6, 6.07) is 14.4. The highest BCUT2D eigenvalue weighted by Crippen LogP contribution is 2.27. The van der Waals surface area contributed by atoms with Crippen molar-refractivity contribution < 1.29 is 9.34 Å². The van der Waals surface area contributed by atoms with Gasteiger partial charge in [-0.15, -0.1) is 0 Å². The summed E-state index contributed by atoms with van der Waals surface area (Å²) in [5, 5.41) is 12.1.